The molecule has 0 saturated carbocycles. The van der Waals surface area contributed by atoms with Gasteiger partial charge in [0.1, 0.15) is 17.9 Å². The number of hydrogen-bond donors (Lipinski definition) is 2. The first-order valence-electron chi connectivity index (χ1n) is 7.41. The van der Waals surface area contributed by atoms with Crippen molar-refractivity contribution in [1.82, 2.24) is 5.32 Å². The highest BCUT2D eigenvalue weighted by Gasteiger charge is 2.34. The summed E-state index contributed by atoms with van der Waals surface area (Å²) in [6.45, 7) is 10.7. The SMILES string of the molecule is CCCNC(C)(COc1ccccc1C(C)(C)C)C(=O)O. The molecule has 1 atom stereocenters. The average Bonchev–Trinajstić information content (AvgIpc) is 2.42. The van der Waals surface area contributed by atoms with Gasteiger partial charge in [0.2, 0.25) is 0 Å². The molecule has 0 heterocycles. The fourth-order valence-corrected chi connectivity index (χ4v) is 2.02. The van der Waals surface area contributed by atoms with Gasteiger partial charge >= 0.3 is 5.97 Å². The number of rotatable bonds is 7. The molecular formula is C17H27NO3. The van der Waals surface area contributed by atoms with Crippen molar-refractivity contribution in [3.63, 3.8) is 0 Å². The van der Waals surface area contributed by atoms with Gasteiger partial charge in [-0.15, -0.1) is 0 Å². The van der Waals surface area contributed by atoms with Crippen LogP contribution in [0.4, 0.5) is 0 Å². The summed E-state index contributed by atoms with van der Waals surface area (Å²) >= 11 is 0. The van der Waals surface area contributed by atoms with Gasteiger partial charge < -0.3 is 9.84 Å². The van der Waals surface area contributed by atoms with Crippen molar-refractivity contribution in [1.29, 1.82) is 0 Å². The number of ether oxygens (including phenoxy) is 1. The largest absolute Gasteiger partial charge is 0.491 e. The zero-order valence-corrected chi connectivity index (χ0v) is 13.7. The number of carboxylic acids is 1. The summed E-state index contributed by atoms with van der Waals surface area (Å²) in [6.07, 6.45) is 0.876. The predicted octanol–water partition coefficient (Wildman–Crippen LogP) is 3.21. The molecule has 1 unspecified atom stereocenters. The first kappa shape index (κ1) is 17.5. The second-order valence-electron chi connectivity index (χ2n) is 6.60. The zero-order chi connectivity index (χ0) is 16.1. The molecule has 0 radical (unpaired) electrons. The molecule has 0 bridgehead atoms. The Morgan fingerprint density at radius 2 is 1.86 bits per heavy atom. The summed E-state index contributed by atoms with van der Waals surface area (Å²) in [5.74, 6) is -0.153. The molecule has 21 heavy (non-hydrogen) atoms. The summed E-state index contributed by atoms with van der Waals surface area (Å²) in [4.78, 5) is 11.5. The predicted molar refractivity (Wildman–Crippen MR) is 85.0 cm³/mol. The van der Waals surface area contributed by atoms with Gasteiger partial charge in [0.15, 0.2) is 0 Å². The highest BCUT2D eigenvalue weighted by Crippen LogP contribution is 2.31. The molecule has 1 aromatic rings. The Bertz CT molecular complexity index is 479. The Morgan fingerprint density at radius 1 is 1.24 bits per heavy atom. The molecule has 0 saturated heterocycles. The van der Waals surface area contributed by atoms with Gasteiger partial charge in [-0.05, 0) is 36.9 Å². The molecule has 0 fully saturated rings. The lowest BCUT2D eigenvalue weighted by Crippen LogP contribution is -2.54. The monoisotopic (exact) mass is 293 g/mol. The van der Waals surface area contributed by atoms with Crippen molar-refractivity contribution in [2.75, 3.05) is 13.2 Å². The van der Waals surface area contributed by atoms with E-state index in [1.807, 2.05) is 31.2 Å². The molecule has 0 aliphatic rings. The Kier molecular flexibility index (Phi) is 5.78. The van der Waals surface area contributed by atoms with E-state index in [1.54, 1.807) is 6.92 Å². The van der Waals surface area contributed by atoms with Crippen LogP contribution in [0.2, 0.25) is 0 Å². The number of para-hydroxylation sites is 1. The van der Waals surface area contributed by atoms with Crippen LogP contribution in [0, 0.1) is 0 Å². The molecule has 0 aliphatic carbocycles. The third-order valence-corrected chi connectivity index (χ3v) is 3.45. The zero-order valence-electron chi connectivity index (χ0n) is 13.7. The van der Waals surface area contributed by atoms with E-state index in [0.29, 0.717) is 6.54 Å². The Morgan fingerprint density at radius 3 is 2.38 bits per heavy atom. The van der Waals surface area contributed by atoms with Gasteiger partial charge in [-0.1, -0.05) is 45.9 Å². The molecule has 0 aliphatic heterocycles. The van der Waals surface area contributed by atoms with Gasteiger partial charge in [-0.2, -0.15) is 0 Å². The van der Waals surface area contributed by atoms with Crippen LogP contribution >= 0.6 is 0 Å². The highest BCUT2D eigenvalue weighted by molar-refractivity contribution is 5.78. The van der Waals surface area contributed by atoms with E-state index >= 15 is 0 Å². The Balaban J connectivity index is 2.89. The van der Waals surface area contributed by atoms with Crippen LogP contribution in [-0.4, -0.2) is 29.8 Å². The van der Waals surface area contributed by atoms with Crippen LogP contribution in [0.25, 0.3) is 0 Å². The molecule has 1 aromatic carbocycles. The lowest BCUT2D eigenvalue weighted by molar-refractivity contribution is -0.145. The first-order chi connectivity index (χ1) is 9.70. The van der Waals surface area contributed by atoms with Crippen LogP contribution in [0.3, 0.4) is 0 Å². The maximum absolute atomic E-state index is 11.5. The molecule has 0 aromatic heterocycles. The normalized spacial score (nSPS) is 14.5. The lowest BCUT2D eigenvalue weighted by atomic mass is 9.86. The van der Waals surface area contributed by atoms with Crippen molar-refractivity contribution in [2.45, 2.75) is 52.0 Å². The summed E-state index contributed by atoms with van der Waals surface area (Å²) in [7, 11) is 0. The Hall–Kier alpha value is -1.55. The molecule has 1 rings (SSSR count). The number of hydrogen-bond acceptors (Lipinski definition) is 3. The second-order valence-corrected chi connectivity index (χ2v) is 6.60. The van der Waals surface area contributed by atoms with Crippen molar-refractivity contribution in [3.8, 4) is 5.75 Å². The minimum Gasteiger partial charge on any atom is -0.491 e. The topological polar surface area (TPSA) is 58.6 Å². The van der Waals surface area contributed by atoms with Crippen molar-refractivity contribution >= 4 is 5.97 Å². The van der Waals surface area contributed by atoms with Gasteiger partial charge in [0.05, 0.1) is 0 Å². The highest BCUT2D eigenvalue weighted by atomic mass is 16.5. The standard InChI is InChI=1S/C17H27NO3/c1-6-11-18-17(5,15(19)20)12-21-14-10-8-7-9-13(14)16(2,3)4/h7-10,18H,6,11-12H2,1-5H3,(H,19,20). The summed E-state index contributed by atoms with van der Waals surface area (Å²) < 4.78 is 5.84. The van der Waals surface area contributed by atoms with Crippen LogP contribution in [0.1, 0.15) is 46.6 Å². The number of nitrogens with one attached hydrogen (secondary N) is 1. The molecular weight excluding hydrogens is 266 g/mol. The van der Waals surface area contributed by atoms with E-state index in [1.165, 1.54) is 0 Å². The van der Waals surface area contributed by atoms with Crippen molar-refractivity contribution < 1.29 is 14.6 Å². The third-order valence-electron chi connectivity index (χ3n) is 3.45. The number of carbonyl (C=O) groups is 1. The maximum Gasteiger partial charge on any atom is 0.327 e. The lowest BCUT2D eigenvalue weighted by Gasteiger charge is -2.28. The van der Waals surface area contributed by atoms with Gasteiger partial charge in [0, 0.05) is 0 Å². The van der Waals surface area contributed by atoms with Crippen LogP contribution in [0.5, 0.6) is 5.75 Å². The van der Waals surface area contributed by atoms with Gasteiger partial charge in [-0.3, -0.25) is 10.1 Å². The minimum atomic E-state index is -1.08. The summed E-state index contributed by atoms with van der Waals surface area (Å²) in [6, 6.07) is 7.79. The van der Waals surface area contributed by atoms with Crippen LogP contribution in [0.15, 0.2) is 24.3 Å². The van der Waals surface area contributed by atoms with E-state index in [0.717, 1.165) is 17.7 Å². The molecule has 0 amide bonds. The fourth-order valence-electron chi connectivity index (χ4n) is 2.02. The molecule has 2 N–H and O–H groups in total. The maximum atomic E-state index is 11.5. The average molecular weight is 293 g/mol. The van der Waals surface area contributed by atoms with Crippen molar-refractivity contribution in [2.24, 2.45) is 0 Å². The minimum absolute atomic E-state index is 0.0485. The van der Waals surface area contributed by atoms with Crippen LogP contribution in [-0.2, 0) is 10.2 Å². The Labute approximate surface area is 127 Å². The molecule has 118 valence electrons. The van der Waals surface area contributed by atoms with E-state index in [9.17, 15) is 9.90 Å². The van der Waals surface area contributed by atoms with E-state index in [2.05, 4.69) is 26.1 Å². The van der Waals surface area contributed by atoms with Gasteiger partial charge in [0.25, 0.3) is 0 Å². The summed E-state index contributed by atoms with van der Waals surface area (Å²) in [5, 5.41) is 12.5. The second kappa shape index (κ2) is 6.94. The van der Waals surface area contributed by atoms with Crippen LogP contribution < -0.4 is 10.1 Å². The van der Waals surface area contributed by atoms with E-state index in [4.69, 9.17) is 4.74 Å². The van der Waals surface area contributed by atoms with Gasteiger partial charge in [-0.25, -0.2) is 0 Å². The van der Waals surface area contributed by atoms with E-state index < -0.39 is 11.5 Å². The first-order valence-corrected chi connectivity index (χ1v) is 7.41. The molecule has 0 spiro atoms. The smallest absolute Gasteiger partial charge is 0.327 e. The number of benzene rings is 1. The molecule has 4 nitrogen and oxygen atoms in total. The third kappa shape index (κ3) is 4.74. The summed E-state index contributed by atoms with van der Waals surface area (Å²) in [5.41, 5.74) is -0.0538. The number of aliphatic carboxylic acids is 1. The van der Waals surface area contributed by atoms with E-state index in [-0.39, 0.29) is 12.0 Å². The molecule has 4 heteroatoms. The quantitative estimate of drug-likeness (QED) is 0.810. The fraction of sp³-hybridized carbons (Fsp3) is 0.588. The van der Waals surface area contributed by atoms with Crippen molar-refractivity contribution in [3.05, 3.63) is 29.8 Å². The number of carboxylic acid groups (broad SMARTS) is 1.